The second kappa shape index (κ2) is 5.52. The molecule has 0 amide bonds. The fourth-order valence-electron chi connectivity index (χ4n) is 3.34. The number of nitrogens with one attached hydrogen (secondary N) is 1. The lowest BCUT2D eigenvalue weighted by molar-refractivity contribution is 0.227. The van der Waals surface area contributed by atoms with Crippen LogP contribution in [0.2, 0.25) is 0 Å². The maximum Gasteiger partial charge on any atom is 0.155 e. The average Bonchev–Trinajstić information content (AvgIpc) is 2.77. The Morgan fingerprint density at radius 3 is 3.00 bits per heavy atom. The minimum atomic E-state index is 0.640. The summed E-state index contributed by atoms with van der Waals surface area (Å²) < 4.78 is 1.87. The predicted molar refractivity (Wildman–Crippen MR) is 80.5 cm³/mol. The highest BCUT2D eigenvalue weighted by Crippen LogP contribution is 2.28. The van der Waals surface area contributed by atoms with Crippen molar-refractivity contribution in [3.63, 3.8) is 0 Å². The molecule has 0 spiro atoms. The molecule has 4 nitrogen and oxygen atoms in total. The molecule has 0 aromatic carbocycles. The van der Waals surface area contributed by atoms with E-state index in [0.29, 0.717) is 6.04 Å². The molecule has 3 rings (SSSR count). The van der Waals surface area contributed by atoms with Gasteiger partial charge in [0.25, 0.3) is 0 Å². The van der Waals surface area contributed by atoms with Gasteiger partial charge in [0, 0.05) is 36.6 Å². The van der Waals surface area contributed by atoms with E-state index in [1.165, 1.54) is 24.8 Å². The van der Waals surface area contributed by atoms with Crippen molar-refractivity contribution in [2.75, 3.05) is 0 Å². The Bertz CT molecular complexity index is 589. The van der Waals surface area contributed by atoms with Crippen LogP contribution in [0.4, 0.5) is 0 Å². The van der Waals surface area contributed by atoms with Gasteiger partial charge in [-0.2, -0.15) is 5.10 Å². The van der Waals surface area contributed by atoms with Gasteiger partial charge in [0.2, 0.25) is 0 Å². The zero-order valence-electron chi connectivity index (χ0n) is 12.6. The van der Waals surface area contributed by atoms with Crippen LogP contribution in [-0.4, -0.2) is 20.6 Å². The average molecular weight is 272 g/mol. The first-order valence-electron chi connectivity index (χ1n) is 7.66. The fraction of sp³-hybridized carbons (Fsp3) is 0.625. The van der Waals surface area contributed by atoms with Crippen molar-refractivity contribution < 1.29 is 0 Å². The van der Waals surface area contributed by atoms with Crippen molar-refractivity contribution in [3.05, 3.63) is 29.7 Å². The van der Waals surface area contributed by atoms with Crippen molar-refractivity contribution in [1.82, 2.24) is 19.9 Å². The van der Waals surface area contributed by atoms with Crippen LogP contribution < -0.4 is 5.32 Å². The highest BCUT2D eigenvalue weighted by Gasteiger charge is 2.24. The van der Waals surface area contributed by atoms with Gasteiger partial charge in [-0.3, -0.25) is 0 Å². The number of aryl methyl sites for hydroxylation is 1. The largest absolute Gasteiger partial charge is 0.310 e. The molecule has 2 heterocycles. The molecule has 20 heavy (non-hydrogen) atoms. The van der Waals surface area contributed by atoms with E-state index in [1.54, 1.807) is 0 Å². The standard InChI is InChI=1S/C16H24N4/c1-11-4-5-15(12(2)6-11)17-8-14-9-18-16-7-13(3)19-20(16)10-14/h7,9-12,15,17H,4-6,8H2,1-3H3. The molecule has 2 aromatic heterocycles. The van der Waals surface area contributed by atoms with Crippen molar-refractivity contribution in [1.29, 1.82) is 0 Å². The fourth-order valence-corrected chi connectivity index (χ4v) is 3.34. The van der Waals surface area contributed by atoms with Crippen LogP contribution in [-0.2, 0) is 6.54 Å². The molecular weight excluding hydrogens is 248 g/mol. The van der Waals surface area contributed by atoms with Gasteiger partial charge in [-0.1, -0.05) is 13.8 Å². The zero-order chi connectivity index (χ0) is 14.1. The first-order chi connectivity index (χ1) is 9.61. The van der Waals surface area contributed by atoms with Gasteiger partial charge in [0.05, 0.1) is 5.69 Å². The lowest BCUT2D eigenvalue weighted by Gasteiger charge is -2.33. The summed E-state index contributed by atoms with van der Waals surface area (Å²) in [4.78, 5) is 4.46. The van der Waals surface area contributed by atoms with Crippen LogP contribution in [0, 0.1) is 18.8 Å². The summed E-state index contributed by atoms with van der Waals surface area (Å²) in [6.07, 6.45) is 8.02. The van der Waals surface area contributed by atoms with Crippen molar-refractivity contribution in [2.24, 2.45) is 11.8 Å². The van der Waals surface area contributed by atoms with E-state index < -0.39 is 0 Å². The van der Waals surface area contributed by atoms with E-state index in [4.69, 9.17) is 0 Å². The van der Waals surface area contributed by atoms with Crippen LogP contribution in [0.1, 0.15) is 44.4 Å². The maximum atomic E-state index is 4.46. The second-order valence-electron chi connectivity index (χ2n) is 6.43. The molecule has 1 aliphatic rings. The minimum Gasteiger partial charge on any atom is -0.310 e. The predicted octanol–water partition coefficient (Wildman–Crippen LogP) is 2.95. The van der Waals surface area contributed by atoms with Crippen LogP contribution in [0.15, 0.2) is 18.5 Å². The normalized spacial score (nSPS) is 27.1. The summed E-state index contributed by atoms with van der Waals surface area (Å²) >= 11 is 0. The molecule has 0 bridgehead atoms. The van der Waals surface area contributed by atoms with E-state index >= 15 is 0 Å². The lowest BCUT2D eigenvalue weighted by atomic mass is 9.80. The summed E-state index contributed by atoms with van der Waals surface area (Å²) in [5, 5.41) is 8.12. The SMILES string of the molecule is Cc1cc2ncc(CNC3CCC(C)CC3C)cn2n1. The Morgan fingerprint density at radius 2 is 2.20 bits per heavy atom. The van der Waals surface area contributed by atoms with Gasteiger partial charge in [0.15, 0.2) is 5.65 Å². The van der Waals surface area contributed by atoms with Crippen molar-refractivity contribution in [3.8, 4) is 0 Å². The van der Waals surface area contributed by atoms with Crippen LogP contribution >= 0.6 is 0 Å². The van der Waals surface area contributed by atoms with Gasteiger partial charge < -0.3 is 5.32 Å². The number of fused-ring (bicyclic) bond motifs is 1. The molecule has 3 unspecified atom stereocenters. The second-order valence-corrected chi connectivity index (χ2v) is 6.43. The molecule has 1 saturated carbocycles. The molecule has 0 radical (unpaired) electrons. The summed E-state index contributed by atoms with van der Waals surface area (Å²) in [5.41, 5.74) is 3.13. The molecule has 3 atom stereocenters. The summed E-state index contributed by atoms with van der Waals surface area (Å²) in [7, 11) is 0. The maximum absolute atomic E-state index is 4.46. The molecule has 1 aliphatic carbocycles. The molecule has 0 saturated heterocycles. The van der Waals surface area contributed by atoms with Crippen LogP contribution in [0.25, 0.3) is 5.65 Å². The lowest BCUT2D eigenvalue weighted by Crippen LogP contribution is -2.38. The smallest absolute Gasteiger partial charge is 0.155 e. The first kappa shape index (κ1) is 13.6. The highest BCUT2D eigenvalue weighted by molar-refractivity contribution is 5.38. The van der Waals surface area contributed by atoms with Gasteiger partial charge in [-0.05, 0) is 38.0 Å². The Labute approximate surface area is 120 Å². The topological polar surface area (TPSA) is 42.2 Å². The number of hydrogen-bond donors (Lipinski definition) is 1. The molecule has 4 heteroatoms. The third-order valence-corrected chi connectivity index (χ3v) is 4.49. The van der Waals surface area contributed by atoms with Crippen molar-refractivity contribution in [2.45, 2.75) is 52.6 Å². The number of hydrogen-bond acceptors (Lipinski definition) is 3. The monoisotopic (exact) mass is 272 g/mol. The Morgan fingerprint density at radius 1 is 1.35 bits per heavy atom. The zero-order valence-corrected chi connectivity index (χ0v) is 12.6. The quantitative estimate of drug-likeness (QED) is 0.934. The van der Waals surface area contributed by atoms with Gasteiger partial charge in [0.1, 0.15) is 0 Å². The Hall–Kier alpha value is -1.42. The summed E-state index contributed by atoms with van der Waals surface area (Å²) in [6, 6.07) is 2.64. The molecular formula is C16H24N4. The van der Waals surface area contributed by atoms with E-state index in [0.717, 1.165) is 29.7 Å². The van der Waals surface area contributed by atoms with E-state index in [9.17, 15) is 0 Å². The summed E-state index contributed by atoms with van der Waals surface area (Å²) in [5.74, 6) is 1.65. The van der Waals surface area contributed by atoms with E-state index in [2.05, 4.69) is 35.4 Å². The third-order valence-electron chi connectivity index (χ3n) is 4.49. The van der Waals surface area contributed by atoms with Gasteiger partial charge in [-0.15, -0.1) is 0 Å². The van der Waals surface area contributed by atoms with E-state index in [-0.39, 0.29) is 0 Å². The minimum absolute atomic E-state index is 0.640. The first-order valence-corrected chi connectivity index (χ1v) is 7.66. The molecule has 0 aliphatic heterocycles. The number of aromatic nitrogens is 3. The highest BCUT2D eigenvalue weighted by atomic mass is 15.2. The van der Waals surface area contributed by atoms with Gasteiger partial charge >= 0.3 is 0 Å². The number of nitrogens with zero attached hydrogens (tertiary/aromatic N) is 3. The van der Waals surface area contributed by atoms with Gasteiger partial charge in [-0.25, -0.2) is 9.50 Å². The molecule has 1 fully saturated rings. The molecule has 1 N–H and O–H groups in total. The van der Waals surface area contributed by atoms with Crippen LogP contribution in [0.3, 0.4) is 0 Å². The van der Waals surface area contributed by atoms with Crippen molar-refractivity contribution >= 4 is 5.65 Å². The molecule has 108 valence electrons. The third kappa shape index (κ3) is 2.85. The van der Waals surface area contributed by atoms with Crippen LogP contribution in [0.5, 0.6) is 0 Å². The summed E-state index contributed by atoms with van der Waals surface area (Å²) in [6.45, 7) is 7.61. The Kier molecular flexibility index (Phi) is 3.74. The number of rotatable bonds is 3. The molecule has 2 aromatic rings. The Balaban J connectivity index is 1.64. The van der Waals surface area contributed by atoms with E-state index in [1.807, 2.05) is 23.7 Å².